The first-order valence-electron chi connectivity index (χ1n) is 6.90. The standard InChI is InChI=1S/C16H16ClFN2O/c1-21-15-5-4-12(18)10-13(15)14-3-2-8-20(14)16-9-11(17)6-7-19-16/h4-7,9-10,14H,2-3,8H2,1H3/t14-/m1/s1. The van der Waals surface area contributed by atoms with Gasteiger partial charge < -0.3 is 9.64 Å². The van der Waals surface area contributed by atoms with Crippen LogP contribution in [-0.4, -0.2) is 18.6 Å². The minimum Gasteiger partial charge on any atom is -0.496 e. The maximum Gasteiger partial charge on any atom is 0.130 e. The molecule has 0 radical (unpaired) electrons. The molecule has 21 heavy (non-hydrogen) atoms. The van der Waals surface area contributed by atoms with Gasteiger partial charge in [0.1, 0.15) is 17.4 Å². The highest BCUT2D eigenvalue weighted by molar-refractivity contribution is 6.30. The van der Waals surface area contributed by atoms with Crippen LogP contribution in [0.2, 0.25) is 5.02 Å². The third-order valence-electron chi connectivity index (χ3n) is 3.81. The zero-order valence-corrected chi connectivity index (χ0v) is 12.5. The number of nitrogens with zero attached hydrogens (tertiary/aromatic N) is 2. The summed E-state index contributed by atoms with van der Waals surface area (Å²) in [5.41, 5.74) is 0.858. The molecule has 1 atom stereocenters. The molecule has 0 unspecified atom stereocenters. The summed E-state index contributed by atoms with van der Waals surface area (Å²) in [6.07, 6.45) is 3.66. The van der Waals surface area contributed by atoms with Crippen LogP contribution in [-0.2, 0) is 0 Å². The number of pyridine rings is 1. The first-order valence-corrected chi connectivity index (χ1v) is 7.28. The zero-order valence-electron chi connectivity index (χ0n) is 11.7. The topological polar surface area (TPSA) is 25.4 Å². The smallest absolute Gasteiger partial charge is 0.130 e. The van der Waals surface area contributed by atoms with Gasteiger partial charge in [-0.05, 0) is 43.2 Å². The van der Waals surface area contributed by atoms with Crippen LogP contribution >= 0.6 is 11.6 Å². The summed E-state index contributed by atoms with van der Waals surface area (Å²) in [4.78, 5) is 6.54. The van der Waals surface area contributed by atoms with Gasteiger partial charge in [0.25, 0.3) is 0 Å². The van der Waals surface area contributed by atoms with Crippen molar-refractivity contribution < 1.29 is 9.13 Å². The van der Waals surface area contributed by atoms with Crippen LogP contribution in [0.5, 0.6) is 5.75 Å². The van der Waals surface area contributed by atoms with E-state index in [-0.39, 0.29) is 11.9 Å². The summed E-state index contributed by atoms with van der Waals surface area (Å²) < 4.78 is 19.0. The van der Waals surface area contributed by atoms with Crippen molar-refractivity contribution in [3.8, 4) is 5.75 Å². The van der Waals surface area contributed by atoms with Crippen molar-refractivity contribution in [2.45, 2.75) is 18.9 Å². The zero-order chi connectivity index (χ0) is 14.8. The quantitative estimate of drug-likeness (QED) is 0.849. The molecule has 1 aliphatic heterocycles. The van der Waals surface area contributed by atoms with Crippen LogP contribution in [0.25, 0.3) is 0 Å². The van der Waals surface area contributed by atoms with E-state index in [0.29, 0.717) is 10.8 Å². The van der Waals surface area contributed by atoms with Crippen LogP contribution in [0.1, 0.15) is 24.4 Å². The van der Waals surface area contributed by atoms with E-state index in [9.17, 15) is 4.39 Å². The van der Waals surface area contributed by atoms with Crippen molar-refractivity contribution in [3.63, 3.8) is 0 Å². The second-order valence-corrected chi connectivity index (χ2v) is 5.51. The van der Waals surface area contributed by atoms with Gasteiger partial charge in [-0.2, -0.15) is 0 Å². The molecule has 1 aromatic heterocycles. The van der Waals surface area contributed by atoms with E-state index in [1.807, 2.05) is 6.07 Å². The molecule has 1 fully saturated rings. The molecule has 1 saturated heterocycles. The van der Waals surface area contributed by atoms with E-state index < -0.39 is 0 Å². The van der Waals surface area contributed by atoms with Gasteiger partial charge in [0.15, 0.2) is 0 Å². The molecular formula is C16H16ClFN2O. The molecule has 1 aromatic carbocycles. The van der Waals surface area contributed by atoms with E-state index in [4.69, 9.17) is 16.3 Å². The highest BCUT2D eigenvalue weighted by Crippen LogP contribution is 2.39. The van der Waals surface area contributed by atoms with Crippen molar-refractivity contribution in [1.82, 2.24) is 4.98 Å². The van der Waals surface area contributed by atoms with Crippen LogP contribution in [0.3, 0.4) is 0 Å². The van der Waals surface area contributed by atoms with Gasteiger partial charge in [-0.3, -0.25) is 0 Å². The van der Waals surface area contributed by atoms with E-state index in [0.717, 1.165) is 30.8 Å². The van der Waals surface area contributed by atoms with E-state index >= 15 is 0 Å². The number of halogens is 2. The second kappa shape index (κ2) is 5.90. The van der Waals surface area contributed by atoms with Gasteiger partial charge in [-0.1, -0.05) is 11.6 Å². The largest absolute Gasteiger partial charge is 0.496 e. The van der Waals surface area contributed by atoms with Crippen LogP contribution in [0, 0.1) is 5.82 Å². The van der Waals surface area contributed by atoms with Crippen molar-refractivity contribution in [3.05, 3.63) is 52.9 Å². The number of ether oxygens (including phenoxy) is 1. The van der Waals surface area contributed by atoms with Crippen molar-refractivity contribution in [2.24, 2.45) is 0 Å². The Morgan fingerprint density at radius 2 is 2.19 bits per heavy atom. The highest BCUT2D eigenvalue weighted by Gasteiger charge is 2.29. The molecule has 3 rings (SSSR count). The number of benzene rings is 1. The van der Waals surface area contributed by atoms with Crippen LogP contribution in [0.15, 0.2) is 36.5 Å². The minimum atomic E-state index is -0.253. The first-order chi connectivity index (χ1) is 10.2. The summed E-state index contributed by atoms with van der Waals surface area (Å²) in [5.74, 6) is 1.27. The normalized spacial score (nSPS) is 18.0. The Morgan fingerprint density at radius 3 is 2.95 bits per heavy atom. The van der Waals surface area contributed by atoms with Gasteiger partial charge >= 0.3 is 0 Å². The Bertz CT molecular complexity index is 650. The number of aromatic nitrogens is 1. The molecule has 2 aromatic rings. The second-order valence-electron chi connectivity index (χ2n) is 5.07. The summed E-state index contributed by atoms with van der Waals surface area (Å²) in [6.45, 7) is 0.873. The monoisotopic (exact) mass is 306 g/mol. The van der Waals surface area contributed by atoms with Gasteiger partial charge in [0, 0.05) is 23.3 Å². The summed E-state index contributed by atoms with van der Waals surface area (Å²) >= 11 is 6.05. The van der Waals surface area contributed by atoms with Gasteiger partial charge in [0.2, 0.25) is 0 Å². The molecule has 2 heterocycles. The number of methoxy groups -OCH3 is 1. The summed E-state index contributed by atoms with van der Waals surface area (Å²) in [5, 5.41) is 0.650. The Balaban J connectivity index is 1.99. The minimum absolute atomic E-state index is 0.0571. The molecule has 0 saturated carbocycles. The molecule has 0 spiro atoms. The molecule has 5 heteroatoms. The fourth-order valence-electron chi connectivity index (χ4n) is 2.88. The van der Waals surface area contributed by atoms with Crippen molar-refractivity contribution in [2.75, 3.05) is 18.6 Å². The lowest BCUT2D eigenvalue weighted by atomic mass is 10.0. The Hall–Kier alpha value is -1.81. The van der Waals surface area contributed by atoms with Gasteiger partial charge in [0.05, 0.1) is 13.2 Å². The van der Waals surface area contributed by atoms with Crippen LogP contribution < -0.4 is 9.64 Å². The Kier molecular flexibility index (Phi) is 3.97. The number of rotatable bonds is 3. The Labute approximate surface area is 128 Å². The first kappa shape index (κ1) is 14.1. The van der Waals surface area contributed by atoms with Gasteiger partial charge in [-0.15, -0.1) is 0 Å². The molecular weight excluding hydrogens is 291 g/mol. The highest BCUT2D eigenvalue weighted by atomic mass is 35.5. The molecule has 0 bridgehead atoms. The average Bonchev–Trinajstić information content (AvgIpc) is 2.96. The molecule has 0 aliphatic carbocycles. The van der Waals surface area contributed by atoms with Crippen LogP contribution in [0.4, 0.5) is 10.2 Å². The van der Waals surface area contributed by atoms with E-state index in [1.165, 1.54) is 6.07 Å². The summed E-state index contributed by atoms with van der Waals surface area (Å²) in [6, 6.07) is 8.28. The maximum absolute atomic E-state index is 13.6. The molecule has 3 nitrogen and oxygen atoms in total. The third kappa shape index (κ3) is 2.81. The van der Waals surface area contributed by atoms with Crippen molar-refractivity contribution >= 4 is 17.4 Å². The van der Waals surface area contributed by atoms with E-state index in [1.54, 1.807) is 31.5 Å². The number of hydrogen-bond donors (Lipinski definition) is 0. The lowest BCUT2D eigenvalue weighted by Gasteiger charge is -2.27. The van der Waals surface area contributed by atoms with E-state index in [2.05, 4.69) is 9.88 Å². The molecule has 1 aliphatic rings. The average molecular weight is 307 g/mol. The molecule has 0 N–H and O–H groups in total. The summed E-state index contributed by atoms with van der Waals surface area (Å²) in [7, 11) is 1.60. The molecule has 110 valence electrons. The third-order valence-corrected chi connectivity index (χ3v) is 4.04. The fraction of sp³-hybridized carbons (Fsp3) is 0.312. The lowest BCUT2D eigenvalue weighted by molar-refractivity contribution is 0.404. The SMILES string of the molecule is COc1ccc(F)cc1[C@H]1CCCN1c1cc(Cl)ccn1. The fourth-order valence-corrected chi connectivity index (χ4v) is 3.03. The maximum atomic E-state index is 13.6. The molecule has 0 amide bonds. The number of anilines is 1. The van der Waals surface area contributed by atoms with Crippen molar-refractivity contribution in [1.29, 1.82) is 0 Å². The predicted molar refractivity (Wildman–Crippen MR) is 81.5 cm³/mol. The number of hydrogen-bond acceptors (Lipinski definition) is 3. The predicted octanol–water partition coefficient (Wildman–Crippen LogP) is 4.22. The lowest BCUT2D eigenvalue weighted by Crippen LogP contribution is -2.24. The van der Waals surface area contributed by atoms with Gasteiger partial charge in [-0.25, -0.2) is 9.37 Å². The Morgan fingerprint density at radius 1 is 1.33 bits per heavy atom.